The second kappa shape index (κ2) is 7.74. The highest BCUT2D eigenvalue weighted by atomic mass is 35.5. The standard InChI is InChI=1S/C16H17Cl3N4O/c17-12-2-1-10(7-13(12)18)9-24-11-3-5-23(6-4-11)15-8-14(19)21-16(20)22-15/h1-2,7-8,11H,3-6,9H2,(H2,20,21,22). The normalized spacial score (nSPS) is 15.7. The molecule has 8 heteroatoms. The monoisotopic (exact) mass is 386 g/mol. The van der Waals surface area contributed by atoms with Crippen LogP contribution in [0.3, 0.4) is 0 Å². The van der Waals surface area contributed by atoms with Gasteiger partial charge in [0.05, 0.1) is 22.8 Å². The summed E-state index contributed by atoms with van der Waals surface area (Å²) in [4.78, 5) is 10.3. The summed E-state index contributed by atoms with van der Waals surface area (Å²) in [6, 6.07) is 7.28. The third-order valence-corrected chi connectivity index (χ3v) is 4.87. The molecular formula is C16H17Cl3N4O. The number of aromatic nitrogens is 2. The lowest BCUT2D eigenvalue weighted by Crippen LogP contribution is -2.37. The molecule has 0 saturated carbocycles. The molecule has 2 aromatic rings. The molecule has 2 N–H and O–H groups in total. The second-order valence-electron chi connectivity index (χ2n) is 5.65. The minimum absolute atomic E-state index is 0.190. The molecule has 0 aliphatic carbocycles. The van der Waals surface area contributed by atoms with Gasteiger partial charge < -0.3 is 15.4 Å². The van der Waals surface area contributed by atoms with Gasteiger partial charge in [0.1, 0.15) is 11.0 Å². The predicted molar refractivity (Wildman–Crippen MR) is 97.9 cm³/mol. The molecule has 0 unspecified atom stereocenters. The molecule has 0 atom stereocenters. The zero-order valence-electron chi connectivity index (χ0n) is 12.9. The maximum Gasteiger partial charge on any atom is 0.223 e. The summed E-state index contributed by atoms with van der Waals surface area (Å²) in [5.74, 6) is 0.950. The summed E-state index contributed by atoms with van der Waals surface area (Å²) in [7, 11) is 0. The Balaban J connectivity index is 1.52. The minimum Gasteiger partial charge on any atom is -0.373 e. The van der Waals surface area contributed by atoms with Gasteiger partial charge in [-0.25, -0.2) is 4.98 Å². The molecule has 0 amide bonds. The van der Waals surface area contributed by atoms with Crippen molar-refractivity contribution in [3.8, 4) is 0 Å². The fourth-order valence-corrected chi connectivity index (χ4v) is 3.18. The van der Waals surface area contributed by atoms with Crippen molar-refractivity contribution in [3.63, 3.8) is 0 Å². The number of nitrogens with zero attached hydrogens (tertiary/aromatic N) is 3. The van der Waals surface area contributed by atoms with Crippen LogP contribution in [0.15, 0.2) is 24.3 Å². The molecule has 0 spiro atoms. The van der Waals surface area contributed by atoms with Gasteiger partial charge in [-0.05, 0) is 30.5 Å². The summed E-state index contributed by atoms with van der Waals surface area (Å²) in [5, 5.41) is 1.46. The number of nitrogens with two attached hydrogens (primary N) is 1. The zero-order valence-corrected chi connectivity index (χ0v) is 15.2. The Hall–Kier alpha value is -1.27. The Morgan fingerprint density at radius 2 is 1.83 bits per heavy atom. The van der Waals surface area contributed by atoms with Gasteiger partial charge in [0.25, 0.3) is 0 Å². The van der Waals surface area contributed by atoms with Crippen LogP contribution < -0.4 is 10.6 Å². The van der Waals surface area contributed by atoms with Crippen LogP contribution in [0.25, 0.3) is 0 Å². The number of hydrogen-bond donors (Lipinski definition) is 1. The van der Waals surface area contributed by atoms with Crippen LogP contribution in [0.1, 0.15) is 18.4 Å². The lowest BCUT2D eigenvalue weighted by Gasteiger charge is -2.32. The highest BCUT2D eigenvalue weighted by molar-refractivity contribution is 6.42. The van der Waals surface area contributed by atoms with Gasteiger partial charge in [0.2, 0.25) is 5.95 Å². The molecule has 3 rings (SSSR count). The van der Waals surface area contributed by atoms with Crippen LogP contribution in [0.5, 0.6) is 0 Å². The number of benzene rings is 1. The average Bonchev–Trinajstić information content (AvgIpc) is 2.55. The van der Waals surface area contributed by atoms with Gasteiger partial charge in [-0.15, -0.1) is 0 Å². The van der Waals surface area contributed by atoms with E-state index in [0.29, 0.717) is 21.8 Å². The van der Waals surface area contributed by atoms with Crippen molar-refractivity contribution in [2.24, 2.45) is 0 Å². The molecule has 1 saturated heterocycles. The molecule has 0 radical (unpaired) electrons. The van der Waals surface area contributed by atoms with Crippen LogP contribution >= 0.6 is 34.8 Å². The topological polar surface area (TPSA) is 64.3 Å². The highest BCUT2D eigenvalue weighted by Gasteiger charge is 2.21. The third kappa shape index (κ3) is 4.42. The van der Waals surface area contributed by atoms with E-state index in [4.69, 9.17) is 45.3 Å². The number of halogens is 3. The highest BCUT2D eigenvalue weighted by Crippen LogP contribution is 2.25. The Morgan fingerprint density at radius 1 is 1.08 bits per heavy atom. The largest absolute Gasteiger partial charge is 0.373 e. The number of piperidine rings is 1. The van der Waals surface area contributed by atoms with E-state index in [1.807, 2.05) is 12.1 Å². The van der Waals surface area contributed by atoms with E-state index >= 15 is 0 Å². The Labute approximate surface area is 155 Å². The van der Waals surface area contributed by atoms with Crippen molar-refractivity contribution < 1.29 is 4.74 Å². The summed E-state index contributed by atoms with van der Waals surface area (Å²) in [6.45, 7) is 2.19. The molecule has 1 aliphatic rings. The van der Waals surface area contributed by atoms with E-state index in [1.165, 1.54) is 0 Å². The van der Waals surface area contributed by atoms with Crippen molar-refractivity contribution >= 4 is 46.6 Å². The maximum absolute atomic E-state index is 6.02. The summed E-state index contributed by atoms with van der Waals surface area (Å²) < 4.78 is 5.98. The van der Waals surface area contributed by atoms with Gasteiger partial charge in [-0.2, -0.15) is 4.98 Å². The predicted octanol–water partition coefficient (Wildman–Crippen LogP) is 4.20. The Bertz CT molecular complexity index is 700. The molecule has 2 heterocycles. The van der Waals surface area contributed by atoms with E-state index in [1.54, 1.807) is 12.1 Å². The SMILES string of the molecule is Nc1nc(Cl)cc(N2CCC(OCc3ccc(Cl)c(Cl)c3)CC2)n1. The summed E-state index contributed by atoms with van der Waals surface area (Å²) >= 11 is 17.9. The number of nitrogen functional groups attached to an aromatic ring is 1. The van der Waals surface area contributed by atoms with Crippen LogP contribution in [0.4, 0.5) is 11.8 Å². The van der Waals surface area contributed by atoms with Crippen molar-refractivity contribution in [1.29, 1.82) is 0 Å². The van der Waals surface area contributed by atoms with E-state index in [0.717, 1.165) is 37.3 Å². The molecular weight excluding hydrogens is 371 g/mol. The average molecular weight is 388 g/mol. The van der Waals surface area contributed by atoms with Crippen LogP contribution in [-0.4, -0.2) is 29.2 Å². The summed E-state index contributed by atoms with van der Waals surface area (Å²) in [5.41, 5.74) is 6.67. The van der Waals surface area contributed by atoms with Crippen LogP contribution in [-0.2, 0) is 11.3 Å². The molecule has 24 heavy (non-hydrogen) atoms. The molecule has 1 fully saturated rings. The number of rotatable bonds is 4. The van der Waals surface area contributed by atoms with Crippen LogP contribution in [0.2, 0.25) is 15.2 Å². The lowest BCUT2D eigenvalue weighted by molar-refractivity contribution is 0.0250. The third-order valence-electron chi connectivity index (χ3n) is 3.93. The van der Waals surface area contributed by atoms with Crippen molar-refractivity contribution in [2.75, 3.05) is 23.7 Å². The molecule has 1 aromatic heterocycles. The molecule has 0 bridgehead atoms. The Kier molecular flexibility index (Phi) is 5.66. The van der Waals surface area contributed by atoms with Gasteiger partial charge in [-0.1, -0.05) is 40.9 Å². The smallest absolute Gasteiger partial charge is 0.223 e. The molecule has 1 aromatic carbocycles. The quantitative estimate of drug-likeness (QED) is 0.796. The number of ether oxygens (including phenoxy) is 1. The van der Waals surface area contributed by atoms with Gasteiger partial charge in [0, 0.05) is 19.2 Å². The first-order chi connectivity index (χ1) is 11.5. The molecule has 5 nitrogen and oxygen atoms in total. The Morgan fingerprint density at radius 3 is 2.50 bits per heavy atom. The fourth-order valence-electron chi connectivity index (χ4n) is 2.68. The van der Waals surface area contributed by atoms with E-state index in [9.17, 15) is 0 Å². The van der Waals surface area contributed by atoms with Crippen LogP contribution in [0, 0.1) is 0 Å². The minimum atomic E-state index is 0.190. The van der Waals surface area contributed by atoms with E-state index in [2.05, 4.69) is 14.9 Å². The van der Waals surface area contributed by atoms with Gasteiger partial charge >= 0.3 is 0 Å². The number of hydrogen-bond acceptors (Lipinski definition) is 5. The zero-order chi connectivity index (χ0) is 17.1. The lowest BCUT2D eigenvalue weighted by atomic mass is 10.1. The fraction of sp³-hybridized carbons (Fsp3) is 0.375. The number of anilines is 2. The van der Waals surface area contributed by atoms with Crippen molar-refractivity contribution in [2.45, 2.75) is 25.6 Å². The molecule has 1 aliphatic heterocycles. The van der Waals surface area contributed by atoms with Crippen molar-refractivity contribution in [1.82, 2.24) is 9.97 Å². The summed E-state index contributed by atoms with van der Waals surface area (Å²) in [6.07, 6.45) is 2.01. The van der Waals surface area contributed by atoms with Crippen molar-refractivity contribution in [3.05, 3.63) is 45.0 Å². The van der Waals surface area contributed by atoms with E-state index in [-0.39, 0.29) is 12.1 Å². The van der Waals surface area contributed by atoms with Gasteiger partial charge in [0.15, 0.2) is 0 Å². The first-order valence-electron chi connectivity index (χ1n) is 7.62. The first-order valence-corrected chi connectivity index (χ1v) is 8.75. The first kappa shape index (κ1) is 17.5. The van der Waals surface area contributed by atoms with E-state index < -0.39 is 0 Å². The molecule has 128 valence electrons. The second-order valence-corrected chi connectivity index (χ2v) is 6.85. The van der Waals surface area contributed by atoms with Gasteiger partial charge in [-0.3, -0.25) is 0 Å². The maximum atomic E-state index is 6.02.